The summed E-state index contributed by atoms with van der Waals surface area (Å²) in [5.74, 6) is 1.59. The maximum atomic E-state index is 2.54. The van der Waals surface area contributed by atoms with Crippen molar-refractivity contribution in [3.8, 4) is 0 Å². The number of rotatable bonds is 1. The summed E-state index contributed by atoms with van der Waals surface area (Å²) in [4.78, 5) is 6.65. The van der Waals surface area contributed by atoms with E-state index in [-0.39, 0.29) is 0 Å². The van der Waals surface area contributed by atoms with Gasteiger partial charge in [0.25, 0.3) is 0 Å². The fraction of sp³-hybridized carbons (Fsp3) is 0.733. The minimum Gasteiger partial charge on any atom is -0.361 e. The highest BCUT2D eigenvalue weighted by atomic mass is 32.2. The first-order valence-corrected chi connectivity index (χ1v) is 8.03. The van der Waals surface area contributed by atoms with E-state index in [9.17, 15) is 0 Å². The SMILES string of the molecule is CC1CC=CC2=C1SC(C1CCN(C)CC1)N2C. The quantitative estimate of drug-likeness (QED) is 0.718. The molecule has 0 amide bonds. The summed E-state index contributed by atoms with van der Waals surface area (Å²) in [5.41, 5.74) is 1.50. The molecule has 3 aliphatic rings. The lowest BCUT2D eigenvalue weighted by Gasteiger charge is -2.36. The van der Waals surface area contributed by atoms with Crippen LogP contribution in [0.25, 0.3) is 0 Å². The van der Waals surface area contributed by atoms with Crippen LogP contribution in [0.5, 0.6) is 0 Å². The van der Waals surface area contributed by atoms with Gasteiger partial charge in [0.2, 0.25) is 0 Å². The fourth-order valence-electron chi connectivity index (χ4n) is 3.37. The van der Waals surface area contributed by atoms with Gasteiger partial charge >= 0.3 is 0 Å². The molecule has 2 aliphatic heterocycles. The number of thioether (sulfide) groups is 1. The van der Waals surface area contributed by atoms with Crippen molar-refractivity contribution in [2.24, 2.45) is 11.8 Å². The van der Waals surface area contributed by atoms with Crippen LogP contribution < -0.4 is 0 Å². The molecule has 18 heavy (non-hydrogen) atoms. The van der Waals surface area contributed by atoms with Crippen LogP contribution in [0, 0.1) is 11.8 Å². The van der Waals surface area contributed by atoms with Crippen molar-refractivity contribution in [2.45, 2.75) is 31.6 Å². The van der Waals surface area contributed by atoms with Gasteiger partial charge in [-0.05, 0) is 57.3 Å². The van der Waals surface area contributed by atoms with Crippen LogP contribution in [0.2, 0.25) is 0 Å². The van der Waals surface area contributed by atoms with E-state index in [4.69, 9.17) is 0 Å². The molecule has 0 radical (unpaired) electrons. The molecular formula is C15H24N2S. The molecule has 1 fully saturated rings. The Morgan fingerprint density at radius 3 is 2.61 bits per heavy atom. The Hall–Kier alpha value is -0.410. The average molecular weight is 264 g/mol. The van der Waals surface area contributed by atoms with E-state index >= 15 is 0 Å². The van der Waals surface area contributed by atoms with Gasteiger partial charge in [-0.25, -0.2) is 0 Å². The van der Waals surface area contributed by atoms with Gasteiger partial charge in [-0.15, -0.1) is 11.8 Å². The smallest absolute Gasteiger partial charge is 0.0820 e. The van der Waals surface area contributed by atoms with Gasteiger partial charge in [0.15, 0.2) is 0 Å². The van der Waals surface area contributed by atoms with Crippen LogP contribution >= 0.6 is 11.8 Å². The first kappa shape index (κ1) is 12.6. The molecular weight excluding hydrogens is 240 g/mol. The van der Waals surface area contributed by atoms with Gasteiger partial charge in [-0.2, -0.15) is 0 Å². The van der Waals surface area contributed by atoms with Gasteiger partial charge in [0, 0.05) is 17.6 Å². The molecule has 0 saturated carbocycles. The second kappa shape index (κ2) is 4.93. The topological polar surface area (TPSA) is 6.48 Å². The molecule has 0 bridgehead atoms. The van der Waals surface area contributed by atoms with E-state index in [0.29, 0.717) is 5.37 Å². The number of piperidine rings is 1. The summed E-state index contributed by atoms with van der Waals surface area (Å²) >= 11 is 2.15. The van der Waals surface area contributed by atoms with Crippen molar-refractivity contribution in [2.75, 3.05) is 27.2 Å². The molecule has 0 aromatic carbocycles. The van der Waals surface area contributed by atoms with E-state index in [1.54, 1.807) is 4.91 Å². The van der Waals surface area contributed by atoms with E-state index in [1.807, 2.05) is 0 Å². The number of likely N-dealkylation sites (N-methyl/N-ethyl adjacent to an activating group) is 1. The summed E-state index contributed by atoms with van der Waals surface area (Å²) < 4.78 is 0. The van der Waals surface area contributed by atoms with E-state index in [1.165, 1.54) is 38.0 Å². The first-order chi connectivity index (χ1) is 8.66. The van der Waals surface area contributed by atoms with Crippen LogP contribution in [0.1, 0.15) is 26.2 Å². The third kappa shape index (κ3) is 2.12. The maximum absolute atomic E-state index is 2.54. The second-order valence-corrected chi connectivity index (χ2v) is 7.21. The van der Waals surface area contributed by atoms with Gasteiger partial charge in [0.1, 0.15) is 0 Å². The number of allylic oxidation sites excluding steroid dienone is 3. The molecule has 2 atom stereocenters. The Bertz CT molecular complexity index is 380. The van der Waals surface area contributed by atoms with Gasteiger partial charge in [0.05, 0.1) is 5.37 Å². The molecule has 2 unspecified atom stereocenters. The second-order valence-electron chi connectivity index (χ2n) is 6.05. The summed E-state index contributed by atoms with van der Waals surface area (Å²) in [7, 11) is 4.54. The highest BCUT2D eigenvalue weighted by Crippen LogP contribution is 2.48. The summed E-state index contributed by atoms with van der Waals surface area (Å²) in [6, 6.07) is 0. The summed E-state index contributed by atoms with van der Waals surface area (Å²) in [5, 5.41) is 0.689. The first-order valence-electron chi connectivity index (χ1n) is 7.15. The van der Waals surface area contributed by atoms with Gasteiger partial charge in [-0.1, -0.05) is 13.0 Å². The third-order valence-corrected chi connectivity index (χ3v) is 6.45. The van der Waals surface area contributed by atoms with E-state index < -0.39 is 0 Å². The lowest BCUT2D eigenvalue weighted by molar-refractivity contribution is 0.180. The van der Waals surface area contributed by atoms with Crippen molar-refractivity contribution >= 4 is 11.8 Å². The number of hydrogen-bond donors (Lipinski definition) is 0. The van der Waals surface area contributed by atoms with Gasteiger partial charge in [-0.3, -0.25) is 0 Å². The Balaban J connectivity index is 1.72. The van der Waals surface area contributed by atoms with Crippen molar-refractivity contribution in [1.82, 2.24) is 9.80 Å². The lowest BCUT2D eigenvalue weighted by Crippen LogP contribution is -2.39. The average Bonchev–Trinajstić information content (AvgIpc) is 2.70. The maximum Gasteiger partial charge on any atom is 0.0820 e. The Morgan fingerprint density at radius 2 is 1.94 bits per heavy atom. The number of likely N-dealkylation sites (tertiary alicyclic amines) is 1. The molecule has 3 heteroatoms. The Kier molecular flexibility index (Phi) is 3.46. The Morgan fingerprint density at radius 1 is 1.22 bits per heavy atom. The molecule has 2 heterocycles. The van der Waals surface area contributed by atoms with Crippen LogP contribution in [0.3, 0.4) is 0 Å². The predicted molar refractivity (Wildman–Crippen MR) is 79.3 cm³/mol. The molecule has 3 rings (SSSR count). The molecule has 0 aromatic heterocycles. The lowest BCUT2D eigenvalue weighted by atomic mass is 9.95. The zero-order valence-electron chi connectivity index (χ0n) is 11.7. The standard InChI is InChI=1S/C15H24N2S/c1-11-5-4-6-13-14(11)18-15(17(13)3)12-7-9-16(2)10-8-12/h4,6,11-12,15H,5,7-10H2,1-3H3. The highest BCUT2D eigenvalue weighted by Gasteiger charge is 2.37. The highest BCUT2D eigenvalue weighted by molar-refractivity contribution is 8.03. The summed E-state index contributed by atoms with van der Waals surface area (Å²) in [6.07, 6.45) is 8.63. The monoisotopic (exact) mass is 264 g/mol. The minimum absolute atomic E-state index is 0.689. The predicted octanol–water partition coefficient (Wildman–Crippen LogP) is 3.14. The van der Waals surface area contributed by atoms with Crippen molar-refractivity contribution in [3.63, 3.8) is 0 Å². The molecule has 1 saturated heterocycles. The van der Waals surface area contributed by atoms with Crippen LogP contribution in [-0.4, -0.2) is 42.4 Å². The minimum atomic E-state index is 0.689. The van der Waals surface area contributed by atoms with Crippen molar-refractivity contribution < 1.29 is 0 Å². The van der Waals surface area contributed by atoms with Crippen LogP contribution in [0.15, 0.2) is 22.8 Å². The molecule has 1 aliphatic carbocycles. The largest absolute Gasteiger partial charge is 0.361 e. The number of nitrogens with zero attached hydrogens (tertiary/aromatic N) is 2. The molecule has 0 aromatic rings. The molecule has 100 valence electrons. The normalized spacial score (nSPS) is 34.3. The Labute approximate surface area is 115 Å². The molecule has 0 N–H and O–H groups in total. The zero-order valence-corrected chi connectivity index (χ0v) is 12.5. The van der Waals surface area contributed by atoms with Gasteiger partial charge < -0.3 is 9.80 Å². The van der Waals surface area contributed by atoms with Crippen LogP contribution in [-0.2, 0) is 0 Å². The van der Waals surface area contributed by atoms with Crippen LogP contribution in [0.4, 0.5) is 0 Å². The zero-order chi connectivity index (χ0) is 12.7. The molecule has 2 nitrogen and oxygen atoms in total. The number of hydrogen-bond acceptors (Lipinski definition) is 3. The third-order valence-electron chi connectivity index (χ3n) is 4.64. The van der Waals surface area contributed by atoms with Crippen molar-refractivity contribution in [3.05, 3.63) is 22.8 Å². The summed E-state index contributed by atoms with van der Waals surface area (Å²) in [6.45, 7) is 4.91. The fourth-order valence-corrected chi connectivity index (χ4v) is 5.02. The molecule has 0 spiro atoms. The van der Waals surface area contributed by atoms with E-state index in [0.717, 1.165) is 11.8 Å². The van der Waals surface area contributed by atoms with E-state index in [2.05, 4.69) is 54.7 Å². The van der Waals surface area contributed by atoms with Crippen molar-refractivity contribution in [1.29, 1.82) is 0 Å².